The summed E-state index contributed by atoms with van der Waals surface area (Å²) in [4.78, 5) is 29.3. The first-order chi connectivity index (χ1) is 18.2. The highest BCUT2D eigenvalue weighted by molar-refractivity contribution is 6.00. The number of benzene rings is 1. The molecule has 1 unspecified atom stereocenters. The predicted molar refractivity (Wildman–Crippen MR) is 128 cm³/mol. The normalized spacial score (nSPS) is 17.2. The summed E-state index contributed by atoms with van der Waals surface area (Å²) < 4.78 is 16.6. The molecule has 1 aliphatic carbocycles. The first-order valence-electron chi connectivity index (χ1n) is 11.8. The number of carbonyl (C=O) groups is 2. The summed E-state index contributed by atoms with van der Waals surface area (Å²) in [5.74, 6) is -0.556. The first kappa shape index (κ1) is 25.5. The van der Waals surface area contributed by atoms with E-state index < -0.39 is 17.7 Å². The lowest BCUT2D eigenvalue weighted by Gasteiger charge is -2.18. The highest BCUT2D eigenvalue weighted by atomic mass is 16.7. The zero-order chi connectivity index (χ0) is 26.9. The van der Waals surface area contributed by atoms with Crippen molar-refractivity contribution >= 4 is 29.0 Å². The standard InChI is InChI=1S/C23H25N7O8/c1-36-18-12(19-26-22(38-30-19)15-6-3-9-37-15)4-2-5-13(18)24-14-10-16(25-20(31)11-7-8-11)28-29-17(14)21(32)27-23(33,34)35/h2,4-5,10-11,15,33-35H,3,6-9H2,1H3,(H,27,32)(H2,24,25,28,31). The number of para-hydroxylation sites is 1. The van der Waals surface area contributed by atoms with Gasteiger partial charge in [-0.3, -0.25) is 14.9 Å². The van der Waals surface area contributed by atoms with Crippen LogP contribution in [0.25, 0.3) is 11.4 Å². The van der Waals surface area contributed by atoms with Gasteiger partial charge in [-0.1, -0.05) is 11.2 Å². The van der Waals surface area contributed by atoms with Gasteiger partial charge in [-0.05, 0) is 37.8 Å². The molecule has 0 bridgehead atoms. The topological polar surface area (TPSA) is 214 Å². The average Bonchev–Trinajstić information content (AvgIpc) is 3.36. The minimum absolute atomic E-state index is 0.0106. The van der Waals surface area contributed by atoms with E-state index in [0.29, 0.717) is 29.5 Å². The molecule has 3 heterocycles. The van der Waals surface area contributed by atoms with E-state index in [0.717, 1.165) is 25.7 Å². The van der Waals surface area contributed by atoms with E-state index in [2.05, 4.69) is 31.0 Å². The highest BCUT2D eigenvalue weighted by Gasteiger charge is 2.31. The van der Waals surface area contributed by atoms with Gasteiger partial charge in [-0.2, -0.15) is 4.98 Å². The van der Waals surface area contributed by atoms with Crippen molar-refractivity contribution in [3.8, 4) is 17.1 Å². The molecule has 1 aromatic carbocycles. The fourth-order valence-electron chi connectivity index (χ4n) is 3.93. The summed E-state index contributed by atoms with van der Waals surface area (Å²) in [6.45, 7) is 0.619. The molecule has 2 fully saturated rings. The van der Waals surface area contributed by atoms with E-state index in [1.165, 1.54) is 13.2 Å². The van der Waals surface area contributed by atoms with Crippen LogP contribution in [0.15, 0.2) is 28.8 Å². The van der Waals surface area contributed by atoms with Gasteiger partial charge in [0.25, 0.3) is 11.8 Å². The van der Waals surface area contributed by atoms with Crippen molar-refractivity contribution in [1.29, 1.82) is 0 Å². The number of carbonyl (C=O) groups excluding carboxylic acids is 2. The number of nitrogens with one attached hydrogen (secondary N) is 3. The van der Waals surface area contributed by atoms with Crippen LogP contribution in [-0.4, -0.2) is 67.3 Å². The molecule has 1 aliphatic heterocycles. The van der Waals surface area contributed by atoms with Gasteiger partial charge in [0.15, 0.2) is 17.3 Å². The molecule has 0 spiro atoms. The lowest BCUT2D eigenvalue weighted by molar-refractivity contribution is -0.323. The zero-order valence-electron chi connectivity index (χ0n) is 20.2. The Kier molecular flexibility index (Phi) is 6.90. The molecule has 200 valence electrons. The van der Waals surface area contributed by atoms with Crippen LogP contribution in [-0.2, 0) is 9.53 Å². The Hall–Kier alpha value is -4.18. The number of rotatable bonds is 9. The van der Waals surface area contributed by atoms with Crippen molar-refractivity contribution in [3.63, 3.8) is 0 Å². The number of aromatic nitrogens is 4. The van der Waals surface area contributed by atoms with E-state index in [1.807, 2.05) is 0 Å². The van der Waals surface area contributed by atoms with E-state index >= 15 is 0 Å². The van der Waals surface area contributed by atoms with Crippen LogP contribution in [0.2, 0.25) is 0 Å². The number of hydrogen-bond donors (Lipinski definition) is 6. The van der Waals surface area contributed by atoms with Gasteiger partial charge >= 0.3 is 6.10 Å². The molecule has 2 aliphatic rings. The Morgan fingerprint density at radius 1 is 1.13 bits per heavy atom. The van der Waals surface area contributed by atoms with Crippen LogP contribution in [0, 0.1) is 5.92 Å². The Balaban J connectivity index is 1.48. The maximum atomic E-state index is 12.6. The third-order valence-electron chi connectivity index (χ3n) is 5.87. The number of methoxy groups -OCH3 is 1. The second-order valence-electron chi connectivity index (χ2n) is 8.81. The van der Waals surface area contributed by atoms with E-state index in [-0.39, 0.29) is 35.3 Å². The molecule has 15 heteroatoms. The van der Waals surface area contributed by atoms with Crippen LogP contribution < -0.4 is 20.7 Å². The summed E-state index contributed by atoms with van der Waals surface area (Å²) in [7, 11) is 1.43. The smallest absolute Gasteiger partial charge is 0.369 e. The predicted octanol–water partition coefficient (Wildman–Crippen LogP) is 0.797. The largest absolute Gasteiger partial charge is 0.494 e. The monoisotopic (exact) mass is 527 g/mol. The second kappa shape index (κ2) is 10.3. The zero-order valence-corrected chi connectivity index (χ0v) is 20.2. The molecule has 38 heavy (non-hydrogen) atoms. The van der Waals surface area contributed by atoms with Gasteiger partial charge in [-0.25, -0.2) is 0 Å². The van der Waals surface area contributed by atoms with Gasteiger partial charge in [0.2, 0.25) is 11.7 Å². The fraction of sp³-hybridized carbons (Fsp3) is 0.391. The van der Waals surface area contributed by atoms with Gasteiger partial charge in [0.05, 0.1) is 24.0 Å². The van der Waals surface area contributed by atoms with E-state index in [1.54, 1.807) is 23.5 Å². The molecule has 15 nitrogen and oxygen atoms in total. The maximum absolute atomic E-state index is 12.6. The van der Waals surface area contributed by atoms with Crippen molar-refractivity contribution in [1.82, 2.24) is 25.7 Å². The summed E-state index contributed by atoms with van der Waals surface area (Å²) in [5, 5.41) is 46.5. The summed E-state index contributed by atoms with van der Waals surface area (Å²) in [5.41, 5.74) is 0.416. The summed E-state index contributed by atoms with van der Waals surface area (Å²) in [6.07, 6.45) is -0.555. The number of amides is 2. The molecule has 1 saturated heterocycles. The molecule has 6 N–H and O–H groups in total. The Labute approximate surface area is 215 Å². The lowest BCUT2D eigenvalue weighted by atomic mass is 10.1. The van der Waals surface area contributed by atoms with Crippen molar-refractivity contribution in [2.45, 2.75) is 37.9 Å². The molecule has 2 amide bonds. The molecule has 3 aromatic rings. The summed E-state index contributed by atoms with van der Waals surface area (Å²) in [6, 6.07) is 6.38. The molecule has 1 atom stereocenters. The highest BCUT2D eigenvalue weighted by Crippen LogP contribution is 2.38. The Morgan fingerprint density at radius 2 is 1.95 bits per heavy atom. The van der Waals surface area contributed by atoms with E-state index in [4.69, 9.17) is 14.0 Å². The fourth-order valence-corrected chi connectivity index (χ4v) is 3.93. The van der Waals surface area contributed by atoms with Gasteiger partial charge < -0.3 is 39.9 Å². The number of anilines is 3. The van der Waals surface area contributed by atoms with Gasteiger partial charge in [0, 0.05) is 18.6 Å². The Morgan fingerprint density at radius 3 is 2.63 bits per heavy atom. The lowest BCUT2D eigenvalue weighted by Crippen LogP contribution is -2.48. The minimum Gasteiger partial charge on any atom is -0.494 e. The SMILES string of the molecule is COc1c(Nc2cc(NC(=O)C3CC3)nnc2C(=O)NC(O)(O)O)cccc1-c1noc(C2CCCO2)n1. The number of ether oxygens (including phenoxy) is 2. The second-order valence-corrected chi connectivity index (χ2v) is 8.81. The molecular formula is C23H25N7O8. The van der Waals surface area contributed by atoms with Crippen LogP contribution >= 0.6 is 0 Å². The van der Waals surface area contributed by atoms with Crippen LogP contribution in [0.3, 0.4) is 0 Å². The molecule has 1 saturated carbocycles. The van der Waals surface area contributed by atoms with Crippen molar-refractivity contribution in [2.24, 2.45) is 5.92 Å². The number of nitrogens with zero attached hydrogens (tertiary/aromatic N) is 4. The summed E-state index contributed by atoms with van der Waals surface area (Å²) >= 11 is 0. The molecule has 0 radical (unpaired) electrons. The van der Waals surface area contributed by atoms with E-state index in [9.17, 15) is 24.9 Å². The molecule has 2 aromatic heterocycles. The van der Waals surface area contributed by atoms with Crippen LogP contribution in [0.1, 0.15) is 48.2 Å². The third kappa shape index (κ3) is 5.70. The number of aliphatic hydroxyl groups is 3. The minimum atomic E-state index is -3.49. The van der Waals surface area contributed by atoms with Gasteiger partial charge in [-0.15, -0.1) is 10.2 Å². The maximum Gasteiger partial charge on any atom is 0.369 e. The average molecular weight is 527 g/mol. The van der Waals surface area contributed by atoms with Crippen LogP contribution in [0.5, 0.6) is 5.75 Å². The molecule has 5 rings (SSSR count). The Bertz CT molecular complexity index is 1350. The van der Waals surface area contributed by atoms with Crippen LogP contribution in [0.4, 0.5) is 17.2 Å². The quantitative estimate of drug-likeness (QED) is 0.213. The molecular weight excluding hydrogens is 502 g/mol. The van der Waals surface area contributed by atoms with Crippen molar-refractivity contribution in [3.05, 3.63) is 35.9 Å². The number of hydrogen-bond acceptors (Lipinski definition) is 13. The van der Waals surface area contributed by atoms with Gasteiger partial charge in [0.1, 0.15) is 6.10 Å². The van der Waals surface area contributed by atoms with Crippen molar-refractivity contribution in [2.75, 3.05) is 24.4 Å². The van der Waals surface area contributed by atoms with Crippen molar-refractivity contribution < 1.29 is 38.9 Å². The third-order valence-corrected chi connectivity index (χ3v) is 5.87. The first-order valence-corrected chi connectivity index (χ1v) is 11.8.